The van der Waals surface area contributed by atoms with E-state index < -0.39 is 10.0 Å². The molecule has 0 saturated carbocycles. The minimum Gasteiger partial charge on any atom is -0.346 e. The van der Waals surface area contributed by atoms with Gasteiger partial charge in [-0.15, -0.1) is 0 Å². The Labute approximate surface area is 176 Å². The summed E-state index contributed by atoms with van der Waals surface area (Å²) in [5.41, 5.74) is 1.87. The Morgan fingerprint density at radius 3 is 2.60 bits per heavy atom. The number of carbonyl (C=O) groups is 1. The molecule has 5 rings (SSSR count). The highest BCUT2D eigenvalue weighted by Crippen LogP contribution is 2.41. The molecule has 2 N–H and O–H groups in total. The number of sulfonamides is 1. The van der Waals surface area contributed by atoms with Gasteiger partial charge in [-0.2, -0.15) is 0 Å². The average molecular weight is 423 g/mol. The zero-order chi connectivity index (χ0) is 20.7. The normalized spacial score (nSPS) is 21.8. The number of hydrogen-bond acceptors (Lipinski definition) is 3. The van der Waals surface area contributed by atoms with Crippen LogP contribution in [0.5, 0.6) is 0 Å². The molecular weight excluding hydrogens is 398 g/mol. The molecule has 154 valence electrons. The first-order valence-corrected chi connectivity index (χ1v) is 11.7. The summed E-state index contributed by atoms with van der Waals surface area (Å²) >= 11 is 0. The van der Waals surface area contributed by atoms with E-state index in [9.17, 15) is 13.2 Å². The van der Waals surface area contributed by atoms with Gasteiger partial charge in [0.05, 0.1) is 29.7 Å². The van der Waals surface area contributed by atoms with Crippen molar-refractivity contribution >= 4 is 32.4 Å². The summed E-state index contributed by atoms with van der Waals surface area (Å²) in [4.78, 5) is 14.5. The molecule has 1 unspecified atom stereocenters. The van der Waals surface area contributed by atoms with Gasteiger partial charge in [-0.3, -0.25) is 9.10 Å². The van der Waals surface area contributed by atoms with Gasteiger partial charge in [0.25, 0.3) is 10.0 Å². The summed E-state index contributed by atoms with van der Waals surface area (Å²) in [6.45, 7) is 2.58. The molecule has 2 aliphatic rings. The smallest absolute Gasteiger partial charge is 0.265 e. The van der Waals surface area contributed by atoms with Crippen LogP contribution >= 0.6 is 0 Å². The fourth-order valence-corrected chi connectivity index (χ4v) is 6.30. The minimum atomic E-state index is -3.71. The van der Waals surface area contributed by atoms with Crippen LogP contribution in [0, 0.1) is 0 Å². The zero-order valence-corrected chi connectivity index (χ0v) is 17.4. The Kier molecular flexibility index (Phi) is 4.72. The Hall–Kier alpha value is -2.90. The molecule has 2 heterocycles. The van der Waals surface area contributed by atoms with E-state index in [0.29, 0.717) is 11.1 Å². The molecule has 3 aromatic carbocycles. The van der Waals surface area contributed by atoms with Gasteiger partial charge in [0.15, 0.2) is 0 Å². The highest BCUT2D eigenvalue weighted by molar-refractivity contribution is 7.93. The average Bonchev–Trinajstić information content (AvgIpc) is 3.26. The molecular formula is C23H24N3O3S+. The molecule has 6 nitrogen and oxygen atoms in total. The van der Waals surface area contributed by atoms with Gasteiger partial charge in [0.2, 0.25) is 5.91 Å². The van der Waals surface area contributed by atoms with Crippen molar-refractivity contribution < 1.29 is 18.1 Å². The van der Waals surface area contributed by atoms with Crippen molar-refractivity contribution in [2.45, 2.75) is 23.9 Å². The van der Waals surface area contributed by atoms with Gasteiger partial charge in [-0.1, -0.05) is 54.6 Å². The van der Waals surface area contributed by atoms with Crippen LogP contribution in [-0.2, 0) is 21.4 Å². The Bertz CT molecular complexity index is 1210. The predicted octanol–water partition coefficient (Wildman–Crippen LogP) is 1.32. The summed E-state index contributed by atoms with van der Waals surface area (Å²) in [5.74, 6) is -0.255. The second-order valence-electron chi connectivity index (χ2n) is 8.06. The molecule has 1 fully saturated rings. The molecule has 0 bridgehead atoms. The van der Waals surface area contributed by atoms with Gasteiger partial charge < -0.3 is 10.2 Å². The second kappa shape index (κ2) is 7.41. The number of likely N-dealkylation sites (tertiary alicyclic amines) is 1. The van der Waals surface area contributed by atoms with Crippen LogP contribution < -0.4 is 14.5 Å². The van der Waals surface area contributed by atoms with Crippen molar-refractivity contribution in [2.24, 2.45) is 0 Å². The number of hydrogen-bond donors (Lipinski definition) is 2. The van der Waals surface area contributed by atoms with Crippen molar-refractivity contribution in [2.75, 3.05) is 23.9 Å². The number of rotatable bonds is 5. The number of nitrogens with one attached hydrogen (secondary N) is 2. The first-order valence-electron chi connectivity index (χ1n) is 10.2. The third-order valence-corrected chi connectivity index (χ3v) is 7.81. The van der Waals surface area contributed by atoms with Crippen molar-refractivity contribution in [1.29, 1.82) is 0 Å². The monoisotopic (exact) mass is 422 g/mol. The van der Waals surface area contributed by atoms with Gasteiger partial charge in [-0.05, 0) is 17.5 Å². The number of anilines is 1. The van der Waals surface area contributed by atoms with E-state index in [0.717, 1.165) is 31.4 Å². The van der Waals surface area contributed by atoms with Crippen LogP contribution in [-0.4, -0.2) is 40.0 Å². The van der Waals surface area contributed by atoms with Crippen molar-refractivity contribution in [3.63, 3.8) is 0 Å². The fourth-order valence-electron chi connectivity index (χ4n) is 4.63. The van der Waals surface area contributed by atoms with Crippen LogP contribution in [0.4, 0.5) is 5.69 Å². The Balaban J connectivity index is 1.26. The summed E-state index contributed by atoms with van der Waals surface area (Å²) in [5, 5.41) is 4.62. The topological polar surface area (TPSA) is 70.9 Å². The Morgan fingerprint density at radius 2 is 1.80 bits per heavy atom. The van der Waals surface area contributed by atoms with Crippen LogP contribution in [0.25, 0.3) is 10.8 Å². The van der Waals surface area contributed by atoms with Crippen LogP contribution in [0.3, 0.4) is 0 Å². The fraction of sp³-hybridized carbons (Fsp3) is 0.261. The van der Waals surface area contributed by atoms with Gasteiger partial charge in [0.1, 0.15) is 13.1 Å². The zero-order valence-electron chi connectivity index (χ0n) is 16.5. The van der Waals surface area contributed by atoms with Crippen molar-refractivity contribution in [3.05, 3.63) is 72.3 Å². The van der Waals surface area contributed by atoms with E-state index >= 15 is 0 Å². The van der Waals surface area contributed by atoms with E-state index in [2.05, 4.69) is 17.4 Å². The summed E-state index contributed by atoms with van der Waals surface area (Å²) in [6, 6.07) is 21.1. The number of quaternary nitrogens is 1. The molecule has 2 atom stereocenters. The third-order valence-electron chi connectivity index (χ3n) is 6.01. The van der Waals surface area contributed by atoms with Crippen LogP contribution in [0.2, 0.25) is 0 Å². The summed E-state index contributed by atoms with van der Waals surface area (Å²) in [7, 11) is -3.71. The standard InChI is InChI=1S/C23H23N3O3S/c27-22(24-19-12-13-25(15-19)14-17-6-2-1-3-7-17)16-26-20-10-4-8-18-9-5-11-21(23(18)20)30(26,28)29/h1-11,19H,12-16H2,(H,24,27)/p+1/t19-/m0/s1. The van der Waals surface area contributed by atoms with Crippen LogP contribution in [0.1, 0.15) is 12.0 Å². The largest absolute Gasteiger partial charge is 0.346 e. The first-order chi connectivity index (χ1) is 14.5. The molecule has 30 heavy (non-hydrogen) atoms. The third kappa shape index (κ3) is 3.34. The van der Waals surface area contributed by atoms with Crippen LogP contribution in [0.15, 0.2) is 71.6 Å². The van der Waals surface area contributed by atoms with Gasteiger partial charge >= 0.3 is 0 Å². The Morgan fingerprint density at radius 1 is 1.03 bits per heavy atom. The van der Waals surface area contributed by atoms with E-state index in [-0.39, 0.29) is 23.4 Å². The SMILES string of the molecule is O=C(CN1c2cccc3cccc(c23)S1(=O)=O)N[C@H]1CC[NH+](Cc2ccccc2)C1. The second-order valence-corrected chi connectivity index (χ2v) is 9.89. The maximum absolute atomic E-state index is 13.0. The molecule has 7 heteroatoms. The number of nitrogens with zero attached hydrogens (tertiary/aromatic N) is 1. The molecule has 0 radical (unpaired) electrons. The number of amides is 1. The molecule has 1 amide bonds. The minimum absolute atomic E-state index is 0.0692. The lowest BCUT2D eigenvalue weighted by Gasteiger charge is -2.20. The van der Waals surface area contributed by atoms with Gasteiger partial charge in [0, 0.05) is 17.4 Å². The first kappa shape index (κ1) is 19.1. The molecule has 0 spiro atoms. The lowest BCUT2D eigenvalue weighted by Crippen LogP contribution is -3.09. The molecule has 3 aromatic rings. The highest BCUT2D eigenvalue weighted by Gasteiger charge is 2.37. The number of benzene rings is 3. The van der Waals surface area contributed by atoms with E-state index in [4.69, 9.17) is 0 Å². The molecule has 2 aliphatic heterocycles. The van der Waals surface area contributed by atoms with Gasteiger partial charge in [-0.25, -0.2) is 8.42 Å². The van der Waals surface area contributed by atoms with E-state index in [1.165, 1.54) is 14.8 Å². The maximum atomic E-state index is 13.0. The van der Waals surface area contributed by atoms with E-state index in [1.807, 2.05) is 36.4 Å². The molecule has 0 aromatic heterocycles. The lowest BCUT2D eigenvalue weighted by molar-refractivity contribution is -0.901. The quantitative estimate of drug-likeness (QED) is 0.652. The lowest BCUT2D eigenvalue weighted by atomic mass is 10.1. The number of carbonyl (C=O) groups excluding carboxylic acids is 1. The summed E-state index contributed by atoms with van der Waals surface area (Å²) in [6.07, 6.45) is 0.899. The predicted molar refractivity (Wildman–Crippen MR) is 116 cm³/mol. The molecule has 0 aliphatic carbocycles. The molecule has 1 saturated heterocycles. The highest BCUT2D eigenvalue weighted by atomic mass is 32.2. The van der Waals surface area contributed by atoms with E-state index in [1.54, 1.807) is 18.2 Å². The summed E-state index contributed by atoms with van der Waals surface area (Å²) < 4.78 is 27.3. The van der Waals surface area contributed by atoms with Crippen molar-refractivity contribution in [3.8, 4) is 0 Å². The maximum Gasteiger partial charge on any atom is 0.265 e. The van der Waals surface area contributed by atoms with Crippen molar-refractivity contribution in [1.82, 2.24) is 5.32 Å².